The predicted molar refractivity (Wildman–Crippen MR) is 101 cm³/mol. The smallest absolute Gasteiger partial charge is 0.302 e. The molecular weight excluding hydrogens is 442 g/mol. The molecule has 0 spiro atoms. The molecule has 3 aliphatic rings. The molecule has 10 heteroatoms. The summed E-state index contributed by atoms with van der Waals surface area (Å²) in [5.74, 6) is -2.00. The van der Waals surface area contributed by atoms with Gasteiger partial charge in [-0.3, -0.25) is 4.79 Å². The maximum absolute atomic E-state index is 11.8. The molecule has 1 N–H and O–H groups in total. The summed E-state index contributed by atoms with van der Waals surface area (Å²) in [6.07, 6.45) is -2.63. The van der Waals surface area contributed by atoms with Crippen LogP contribution in [0.2, 0.25) is 0 Å². The zero-order valence-corrected chi connectivity index (χ0v) is 18.5. The highest BCUT2D eigenvalue weighted by molar-refractivity contribution is 6.67. The van der Waals surface area contributed by atoms with Crippen LogP contribution < -0.4 is 0 Å². The van der Waals surface area contributed by atoms with Gasteiger partial charge in [0.05, 0.1) is 6.10 Å². The molecule has 0 aromatic rings. The summed E-state index contributed by atoms with van der Waals surface area (Å²) in [6.45, 7) is 6.60. The van der Waals surface area contributed by atoms with Crippen LogP contribution in [0.5, 0.6) is 0 Å². The maximum atomic E-state index is 11.8. The van der Waals surface area contributed by atoms with Gasteiger partial charge in [0.25, 0.3) is 0 Å². The number of carbonyl (C=O) groups excluding carboxylic acids is 1. The van der Waals surface area contributed by atoms with Crippen molar-refractivity contribution in [2.24, 2.45) is 11.3 Å². The molecule has 3 fully saturated rings. The van der Waals surface area contributed by atoms with Crippen molar-refractivity contribution in [1.82, 2.24) is 0 Å². The second kappa shape index (κ2) is 7.02. The van der Waals surface area contributed by atoms with E-state index in [4.69, 9.17) is 65.4 Å². The lowest BCUT2D eigenvalue weighted by atomic mass is 9.56. The van der Waals surface area contributed by atoms with E-state index in [2.05, 4.69) is 0 Å². The molecule has 2 saturated heterocycles. The summed E-state index contributed by atoms with van der Waals surface area (Å²) < 4.78 is 21.6. The summed E-state index contributed by atoms with van der Waals surface area (Å²) in [4.78, 5) is 11.7. The second-order valence-electron chi connectivity index (χ2n) is 8.27. The first kappa shape index (κ1) is 22.2. The Balaban J connectivity index is 2.04. The SMILES string of the molecule is CC(=O)O[C@H]1C[C@H]2O[C@@H]3OC(C)(C)O[C@@H]3[C@@]2(O)[C@H](CCl)[C@]1(C)CC(Cl)(Cl)Cl. The Labute approximate surface area is 178 Å². The van der Waals surface area contributed by atoms with Crippen LogP contribution in [-0.2, 0) is 23.7 Å². The van der Waals surface area contributed by atoms with E-state index in [0.717, 1.165) is 0 Å². The first-order valence-corrected chi connectivity index (χ1v) is 10.4. The van der Waals surface area contributed by atoms with E-state index in [1.165, 1.54) is 6.92 Å². The average Bonchev–Trinajstić information content (AvgIpc) is 2.89. The number of ether oxygens (including phenoxy) is 4. The topological polar surface area (TPSA) is 74.2 Å². The number of esters is 1. The van der Waals surface area contributed by atoms with Gasteiger partial charge >= 0.3 is 5.97 Å². The van der Waals surface area contributed by atoms with Gasteiger partial charge in [-0.2, -0.15) is 0 Å². The van der Waals surface area contributed by atoms with Gasteiger partial charge in [-0.25, -0.2) is 0 Å². The van der Waals surface area contributed by atoms with Crippen molar-refractivity contribution in [1.29, 1.82) is 0 Å². The number of hydrogen-bond donors (Lipinski definition) is 1. The average molecular weight is 466 g/mol. The van der Waals surface area contributed by atoms with Crippen LogP contribution in [0.1, 0.15) is 40.5 Å². The first-order chi connectivity index (χ1) is 12.2. The van der Waals surface area contributed by atoms with E-state index in [-0.39, 0.29) is 18.7 Å². The normalized spacial score (nSPS) is 46.0. The fourth-order valence-electron chi connectivity index (χ4n) is 4.83. The Hall–Kier alpha value is 0.470. The highest BCUT2D eigenvalue weighted by atomic mass is 35.6. The Bertz CT molecular complexity index is 611. The molecule has 7 atom stereocenters. The monoisotopic (exact) mass is 464 g/mol. The van der Waals surface area contributed by atoms with Crippen molar-refractivity contribution in [2.45, 2.75) is 80.3 Å². The van der Waals surface area contributed by atoms with Crippen LogP contribution in [0, 0.1) is 11.3 Å². The van der Waals surface area contributed by atoms with Gasteiger partial charge in [0.15, 0.2) is 15.9 Å². The number of fused-ring (bicyclic) bond motifs is 3. The second-order valence-corrected chi connectivity index (χ2v) is 11.1. The molecule has 2 heterocycles. The van der Waals surface area contributed by atoms with Crippen LogP contribution in [0.15, 0.2) is 0 Å². The maximum Gasteiger partial charge on any atom is 0.302 e. The molecule has 0 radical (unpaired) electrons. The minimum Gasteiger partial charge on any atom is -0.462 e. The quantitative estimate of drug-likeness (QED) is 0.507. The van der Waals surface area contributed by atoms with Crippen LogP contribution in [0.3, 0.4) is 0 Å². The molecule has 27 heavy (non-hydrogen) atoms. The molecule has 1 aliphatic carbocycles. The molecule has 0 amide bonds. The van der Waals surface area contributed by atoms with Crippen molar-refractivity contribution in [3.8, 4) is 0 Å². The minimum atomic E-state index is -1.63. The number of aliphatic hydroxyl groups is 1. The summed E-state index contributed by atoms with van der Waals surface area (Å²) in [5, 5.41) is 11.8. The summed E-state index contributed by atoms with van der Waals surface area (Å²) in [6, 6.07) is 0. The molecule has 2 aliphatic heterocycles. The fourth-order valence-corrected chi connectivity index (χ4v) is 6.29. The lowest BCUT2D eigenvalue weighted by molar-refractivity contribution is -0.268. The molecular formula is C17H24Cl4O6. The van der Waals surface area contributed by atoms with Crippen molar-refractivity contribution >= 4 is 52.4 Å². The van der Waals surface area contributed by atoms with Crippen molar-refractivity contribution in [3.63, 3.8) is 0 Å². The molecule has 156 valence electrons. The van der Waals surface area contributed by atoms with Gasteiger partial charge in [0.1, 0.15) is 17.8 Å². The molecule has 1 saturated carbocycles. The third kappa shape index (κ3) is 3.81. The molecule has 0 bridgehead atoms. The lowest BCUT2D eigenvalue weighted by Gasteiger charge is -2.55. The zero-order chi connectivity index (χ0) is 20.4. The van der Waals surface area contributed by atoms with Gasteiger partial charge in [-0.05, 0) is 13.8 Å². The number of halogens is 4. The minimum absolute atomic E-state index is 0.0245. The summed E-state index contributed by atoms with van der Waals surface area (Å²) in [7, 11) is 0. The van der Waals surface area contributed by atoms with Gasteiger partial charge in [0.2, 0.25) is 0 Å². The summed E-state index contributed by atoms with van der Waals surface area (Å²) >= 11 is 24.6. The zero-order valence-electron chi connectivity index (χ0n) is 15.5. The highest BCUT2D eigenvalue weighted by Crippen LogP contribution is 2.60. The van der Waals surface area contributed by atoms with E-state index in [1.54, 1.807) is 20.8 Å². The predicted octanol–water partition coefficient (Wildman–Crippen LogP) is 3.55. The first-order valence-electron chi connectivity index (χ1n) is 8.76. The van der Waals surface area contributed by atoms with Gasteiger partial charge in [-0.15, -0.1) is 11.6 Å². The third-order valence-electron chi connectivity index (χ3n) is 5.89. The largest absolute Gasteiger partial charge is 0.462 e. The van der Waals surface area contributed by atoms with Crippen LogP contribution >= 0.6 is 46.4 Å². The number of rotatable bonds is 3. The Morgan fingerprint density at radius 2 is 1.89 bits per heavy atom. The number of carbonyl (C=O) groups is 1. The lowest BCUT2D eigenvalue weighted by Crippen LogP contribution is -2.67. The van der Waals surface area contributed by atoms with E-state index in [9.17, 15) is 9.90 Å². The molecule has 3 rings (SSSR count). The summed E-state index contributed by atoms with van der Waals surface area (Å²) in [5.41, 5.74) is -2.42. The molecule has 0 aromatic heterocycles. The van der Waals surface area contributed by atoms with E-state index < -0.39 is 57.1 Å². The van der Waals surface area contributed by atoms with Crippen LogP contribution in [0.4, 0.5) is 0 Å². The Morgan fingerprint density at radius 1 is 1.26 bits per heavy atom. The molecule has 0 unspecified atom stereocenters. The molecule has 0 aromatic carbocycles. The van der Waals surface area contributed by atoms with Crippen molar-refractivity contribution in [2.75, 3.05) is 5.88 Å². The van der Waals surface area contributed by atoms with Crippen molar-refractivity contribution in [3.05, 3.63) is 0 Å². The van der Waals surface area contributed by atoms with E-state index in [1.807, 2.05) is 0 Å². The van der Waals surface area contributed by atoms with Crippen molar-refractivity contribution < 1.29 is 28.8 Å². The van der Waals surface area contributed by atoms with Gasteiger partial charge in [0, 0.05) is 37.0 Å². The highest BCUT2D eigenvalue weighted by Gasteiger charge is 2.72. The Morgan fingerprint density at radius 3 is 2.41 bits per heavy atom. The van der Waals surface area contributed by atoms with E-state index in [0.29, 0.717) is 0 Å². The van der Waals surface area contributed by atoms with E-state index >= 15 is 0 Å². The van der Waals surface area contributed by atoms with Crippen LogP contribution in [-0.4, -0.2) is 56.7 Å². The van der Waals surface area contributed by atoms with Gasteiger partial charge < -0.3 is 24.1 Å². The fraction of sp³-hybridized carbons (Fsp3) is 0.941. The van der Waals surface area contributed by atoms with Crippen LogP contribution in [0.25, 0.3) is 0 Å². The number of hydrogen-bond acceptors (Lipinski definition) is 6. The molecule has 6 nitrogen and oxygen atoms in total. The Kier molecular flexibility index (Phi) is 5.76. The standard InChI is InChI=1S/C17H24Cl4O6/c1-8(22)24-10-5-11-17(23,12-13(25-11)27-14(2,3)26-12)9(6-18)15(10,4)7-16(19,20)21/h9-13,23H,5-7H2,1-4H3/t9-,10+,11-,12+,13-,15+,17-/m1/s1. The number of alkyl halides is 4. The van der Waals surface area contributed by atoms with Gasteiger partial charge in [-0.1, -0.05) is 41.7 Å². The third-order valence-corrected chi connectivity index (χ3v) is 6.60.